The van der Waals surface area contributed by atoms with E-state index in [1.54, 1.807) is 36.4 Å². The Hall–Kier alpha value is -2.87. The molecule has 0 fully saturated rings. The van der Waals surface area contributed by atoms with Crippen molar-refractivity contribution in [2.24, 2.45) is 0 Å². The monoisotopic (exact) mass is 443 g/mol. The van der Waals surface area contributed by atoms with Crippen molar-refractivity contribution < 1.29 is 22.7 Å². The van der Waals surface area contributed by atoms with Gasteiger partial charge in [-0.3, -0.25) is 0 Å². The van der Waals surface area contributed by atoms with Crippen LogP contribution in [0.25, 0.3) is 11.3 Å². The molecule has 2 heterocycles. The SMILES string of the molecule is O=CC1C(c2ccc(Cl)nc2)=C(c2ccc(CS(=O)O)cc2)Oc2ccc(F)cc21. The number of nitrogens with zero attached hydrogens (tertiary/aromatic N) is 1. The number of allylic oxidation sites excluding steroid dienone is 1. The molecule has 0 saturated carbocycles. The molecule has 8 heteroatoms. The number of aromatic nitrogens is 1. The smallest absolute Gasteiger partial charge is 0.157 e. The second-order valence-electron chi connectivity index (χ2n) is 6.67. The zero-order valence-corrected chi connectivity index (χ0v) is 17.0. The summed E-state index contributed by atoms with van der Waals surface area (Å²) < 4.78 is 40.1. The standard InChI is InChI=1S/C22H15ClFNO4S/c23-20-8-5-15(10-25-20)21-18(11-26)17-9-16(24)6-7-19(17)29-22(21)14-3-1-13(2-4-14)12-30(27)28/h1-11,18H,12H2,(H,27,28). The lowest BCUT2D eigenvalue weighted by atomic mass is 9.83. The van der Waals surface area contributed by atoms with Gasteiger partial charge >= 0.3 is 0 Å². The molecule has 0 spiro atoms. The summed E-state index contributed by atoms with van der Waals surface area (Å²) in [4.78, 5) is 16.2. The molecule has 1 aromatic heterocycles. The zero-order chi connectivity index (χ0) is 21.3. The molecule has 0 bridgehead atoms. The Morgan fingerprint density at radius 3 is 2.50 bits per heavy atom. The minimum atomic E-state index is -1.95. The maximum absolute atomic E-state index is 13.9. The summed E-state index contributed by atoms with van der Waals surface area (Å²) in [6.45, 7) is 0. The van der Waals surface area contributed by atoms with Crippen LogP contribution in [0.2, 0.25) is 5.15 Å². The lowest BCUT2D eigenvalue weighted by Crippen LogP contribution is -2.16. The first-order valence-electron chi connectivity index (χ1n) is 8.91. The summed E-state index contributed by atoms with van der Waals surface area (Å²) in [7, 11) is 0. The predicted octanol–water partition coefficient (Wildman–Crippen LogP) is 4.84. The predicted molar refractivity (Wildman–Crippen MR) is 113 cm³/mol. The normalized spacial score (nSPS) is 16.6. The maximum atomic E-state index is 13.9. The Morgan fingerprint density at radius 1 is 1.13 bits per heavy atom. The van der Waals surface area contributed by atoms with Crippen molar-refractivity contribution in [3.05, 3.63) is 94.0 Å². The molecule has 0 amide bonds. The third-order valence-corrected chi connectivity index (χ3v) is 5.56. The minimum Gasteiger partial charge on any atom is -0.456 e. The molecule has 2 unspecified atom stereocenters. The van der Waals surface area contributed by atoms with Crippen LogP contribution in [0.3, 0.4) is 0 Å². The number of hydrogen-bond donors (Lipinski definition) is 1. The number of carbonyl (C=O) groups is 1. The van der Waals surface area contributed by atoms with Crippen molar-refractivity contribution in [3.63, 3.8) is 0 Å². The quantitative estimate of drug-likeness (QED) is 0.347. The van der Waals surface area contributed by atoms with Gasteiger partial charge in [-0.2, -0.15) is 0 Å². The van der Waals surface area contributed by atoms with E-state index < -0.39 is 22.8 Å². The number of pyridine rings is 1. The van der Waals surface area contributed by atoms with Gasteiger partial charge in [-0.15, -0.1) is 0 Å². The average molecular weight is 444 g/mol. The van der Waals surface area contributed by atoms with Crippen molar-refractivity contribution >= 4 is 40.3 Å². The van der Waals surface area contributed by atoms with Gasteiger partial charge in [0.25, 0.3) is 0 Å². The average Bonchev–Trinajstić information content (AvgIpc) is 2.73. The molecule has 1 aliphatic rings. The van der Waals surface area contributed by atoms with Crippen LogP contribution in [0.4, 0.5) is 4.39 Å². The highest BCUT2D eigenvalue weighted by Crippen LogP contribution is 2.46. The highest BCUT2D eigenvalue weighted by Gasteiger charge is 2.32. The van der Waals surface area contributed by atoms with Gasteiger partial charge in [0.2, 0.25) is 0 Å². The van der Waals surface area contributed by atoms with E-state index in [0.29, 0.717) is 44.5 Å². The summed E-state index contributed by atoms with van der Waals surface area (Å²) in [5, 5.41) is 0.299. The molecular weight excluding hydrogens is 429 g/mol. The Morgan fingerprint density at radius 2 is 1.87 bits per heavy atom. The lowest BCUT2D eigenvalue weighted by Gasteiger charge is -2.28. The largest absolute Gasteiger partial charge is 0.456 e. The molecule has 1 N–H and O–H groups in total. The fraction of sp³-hybridized carbons (Fsp3) is 0.0909. The molecule has 30 heavy (non-hydrogen) atoms. The van der Waals surface area contributed by atoms with Crippen LogP contribution >= 0.6 is 11.6 Å². The van der Waals surface area contributed by atoms with Gasteiger partial charge in [-0.25, -0.2) is 13.6 Å². The number of fused-ring (bicyclic) bond motifs is 1. The maximum Gasteiger partial charge on any atom is 0.157 e. The van der Waals surface area contributed by atoms with Crippen LogP contribution in [0.15, 0.2) is 60.8 Å². The second-order valence-corrected chi connectivity index (χ2v) is 7.99. The van der Waals surface area contributed by atoms with Gasteiger partial charge < -0.3 is 14.1 Å². The molecule has 4 rings (SSSR count). The van der Waals surface area contributed by atoms with Gasteiger partial charge in [-0.1, -0.05) is 35.9 Å². The van der Waals surface area contributed by atoms with Gasteiger partial charge in [0.05, 0.1) is 11.7 Å². The topological polar surface area (TPSA) is 76.5 Å². The van der Waals surface area contributed by atoms with E-state index in [1.165, 1.54) is 24.4 Å². The number of rotatable bonds is 5. The van der Waals surface area contributed by atoms with Crippen LogP contribution in [0.5, 0.6) is 5.75 Å². The molecule has 0 saturated heterocycles. The van der Waals surface area contributed by atoms with Crippen LogP contribution in [0.1, 0.15) is 28.2 Å². The Bertz CT molecular complexity index is 1160. The molecule has 0 aliphatic carbocycles. The Labute approximate surface area is 179 Å². The molecule has 5 nitrogen and oxygen atoms in total. The van der Waals surface area contributed by atoms with Gasteiger partial charge in [0, 0.05) is 28.5 Å². The summed E-state index contributed by atoms with van der Waals surface area (Å²) in [5.74, 6) is -0.427. The van der Waals surface area contributed by atoms with E-state index in [4.69, 9.17) is 20.9 Å². The van der Waals surface area contributed by atoms with Crippen LogP contribution in [-0.2, 0) is 21.6 Å². The van der Waals surface area contributed by atoms with Crippen molar-refractivity contribution in [2.45, 2.75) is 11.7 Å². The van der Waals surface area contributed by atoms with E-state index in [9.17, 15) is 13.4 Å². The number of ether oxygens (including phenoxy) is 1. The van der Waals surface area contributed by atoms with Gasteiger partial charge in [0.15, 0.2) is 11.1 Å². The van der Waals surface area contributed by atoms with Crippen LogP contribution in [0, 0.1) is 5.82 Å². The molecule has 152 valence electrons. The van der Waals surface area contributed by atoms with E-state index in [2.05, 4.69) is 4.98 Å². The third kappa shape index (κ3) is 4.05. The van der Waals surface area contributed by atoms with Crippen molar-refractivity contribution in [2.75, 3.05) is 0 Å². The molecule has 2 aromatic carbocycles. The van der Waals surface area contributed by atoms with Crippen LogP contribution < -0.4 is 4.74 Å². The van der Waals surface area contributed by atoms with E-state index in [1.807, 2.05) is 0 Å². The van der Waals surface area contributed by atoms with E-state index >= 15 is 0 Å². The fourth-order valence-electron chi connectivity index (χ4n) is 3.41. The number of benzene rings is 2. The summed E-state index contributed by atoms with van der Waals surface area (Å²) in [6, 6.07) is 14.3. The minimum absolute atomic E-state index is 0.00716. The van der Waals surface area contributed by atoms with Gasteiger partial charge in [0.1, 0.15) is 28.8 Å². The Kier molecular flexibility index (Phi) is 5.76. The first-order valence-corrected chi connectivity index (χ1v) is 10.6. The number of aldehydes is 1. The molecule has 3 aromatic rings. The number of carbonyl (C=O) groups excluding carboxylic acids is 1. The van der Waals surface area contributed by atoms with Crippen molar-refractivity contribution in [1.82, 2.24) is 4.98 Å². The first kappa shape index (κ1) is 20.4. The summed E-state index contributed by atoms with van der Waals surface area (Å²) in [6.07, 6.45) is 2.28. The van der Waals surface area contributed by atoms with Crippen LogP contribution in [-0.4, -0.2) is 20.0 Å². The molecular formula is C22H15ClFNO4S. The summed E-state index contributed by atoms with van der Waals surface area (Å²) >= 11 is 3.96. The third-order valence-electron chi connectivity index (χ3n) is 4.76. The zero-order valence-electron chi connectivity index (χ0n) is 15.4. The van der Waals surface area contributed by atoms with Gasteiger partial charge in [-0.05, 0) is 35.9 Å². The molecule has 2 atom stereocenters. The van der Waals surface area contributed by atoms with E-state index in [-0.39, 0.29) is 5.75 Å². The molecule has 0 radical (unpaired) electrons. The van der Waals surface area contributed by atoms with Crippen molar-refractivity contribution in [3.8, 4) is 5.75 Å². The number of hydrogen-bond acceptors (Lipinski definition) is 4. The highest BCUT2D eigenvalue weighted by atomic mass is 35.5. The summed E-state index contributed by atoms with van der Waals surface area (Å²) in [5.41, 5.74) is 2.91. The van der Waals surface area contributed by atoms with E-state index in [0.717, 1.165) is 6.29 Å². The number of halogens is 2. The Balaban J connectivity index is 1.90. The second kappa shape index (κ2) is 8.47. The fourth-order valence-corrected chi connectivity index (χ4v) is 4.00. The first-order chi connectivity index (χ1) is 14.5. The molecule has 1 aliphatic heterocycles. The van der Waals surface area contributed by atoms with Crippen molar-refractivity contribution in [1.29, 1.82) is 0 Å². The lowest BCUT2D eigenvalue weighted by molar-refractivity contribution is -0.108. The highest BCUT2D eigenvalue weighted by molar-refractivity contribution is 7.78.